The number of nitrogens with zero attached hydrogens (tertiary/aromatic N) is 2. The molecule has 0 spiro atoms. The van der Waals surface area contributed by atoms with E-state index in [1.54, 1.807) is 24.3 Å². The van der Waals surface area contributed by atoms with Crippen LogP contribution in [0.2, 0.25) is 5.02 Å². The van der Waals surface area contributed by atoms with E-state index in [2.05, 4.69) is 20.5 Å². The van der Waals surface area contributed by atoms with E-state index in [1.807, 2.05) is 13.8 Å². The van der Waals surface area contributed by atoms with E-state index < -0.39 is 0 Å². The van der Waals surface area contributed by atoms with Crippen molar-refractivity contribution in [3.8, 4) is 0 Å². The Bertz CT molecular complexity index is 569. The van der Waals surface area contributed by atoms with Crippen molar-refractivity contribution in [2.75, 3.05) is 5.32 Å². The number of amides is 1. The number of aryl methyl sites for hydroxylation is 1. The molecule has 0 radical (unpaired) electrons. The van der Waals surface area contributed by atoms with Gasteiger partial charge in [0.1, 0.15) is 5.82 Å². The standard InChI is InChI=1S/C12H13ClN4OS/c1-7(19-12-14-8(2)16-17-12)11(18)15-10-5-3-9(13)4-6-10/h3-7H,1-2H3,(H,15,18)(H,14,16,17)/t7-/m0/s1. The number of benzene rings is 1. The summed E-state index contributed by atoms with van der Waals surface area (Å²) in [6, 6.07) is 6.98. The number of hydrogen-bond donors (Lipinski definition) is 2. The fourth-order valence-corrected chi connectivity index (χ4v) is 2.26. The Labute approximate surface area is 120 Å². The maximum atomic E-state index is 12.0. The number of rotatable bonds is 4. The number of halogens is 1. The largest absolute Gasteiger partial charge is 0.325 e. The summed E-state index contributed by atoms with van der Waals surface area (Å²) < 4.78 is 0. The normalized spacial score (nSPS) is 12.2. The van der Waals surface area contributed by atoms with E-state index in [9.17, 15) is 4.79 Å². The Morgan fingerprint density at radius 2 is 2.11 bits per heavy atom. The van der Waals surface area contributed by atoms with Crippen molar-refractivity contribution in [1.29, 1.82) is 0 Å². The van der Waals surface area contributed by atoms with Gasteiger partial charge in [0.2, 0.25) is 11.1 Å². The van der Waals surface area contributed by atoms with Crippen molar-refractivity contribution < 1.29 is 4.79 Å². The molecule has 2 aromatic rings. The lowest BCUT2D eigenvalue weighted by Gasteiger charge is -2.10. The van der Waals surface area contributed by atoms with Gasteiger partial charge in [-0.25, -0.2) is 4.98 Å². The molecule has 0 aliphatic rings. The van der Waals surface area contributed by atoms with Gasteiger partial charge in [0.05, 0.1) is 5.25 Å². The van der Waals surface area contributed by atoms with E-state index in [4.69, 9.17) is 11.6 Å². The van der Waals surface area contributed by atoms with Crippen LogP contribution in [0.4, 0.5) is 5.69 Å². The summed E-state index contributed by atoms with van der Waals surface area (Å²) in [6.07, 6.45) is 0. The van der Waals surface area contributed by atoms with Crippen LogP contribution < -0.4 is 5.32 Å². The van der Waals surface area contributed by atoms with Gasteiger partial charge in [0.15, 0.2) is 0 Å². The van der Waals surface area contributed by atoms with Crippen molar-refractivity contribution in [1.82, 2.24) is 15.2 Å². The highest BCUT2D eigenvalue weighted by atomic mass is 35.5. The van der Waals surface area contributed by atoms with Crippen LogP contribution in [-0.4, -0.2) is 26.3 Å². The second kappa shape index (κ2) is 6.08. The maximum absolute atomic E-state index is 12.0. The Morgan fingerprint density at radius 3 is 2.68 bits per heavy atom. The fraction of sp³-hybridized carbons (Fsp3) is 0.250. The van der Waals surface area contributed by atoms with Crippen molar-refractivity contribution in [2.45, 2.75) is 24.3 Å². The SMILES string of the molecule is Cc1nc(S[C@@H](C)C(=O)Nc2ccc(Cl)cc2)n[nH]1. The van der Waals surface area contributed by atoms with E-state index in [0.717, 1.165) is 5.82 Å². The average molecular weight is 297 g/mol. The molecule has 1 aromatic carbocycles. The van der Waals surface area contributed by atoms with Crippen LogP contribution in [0.5, 0.6) is 0 Å². The van der Waals surface area contributed by atoms with E-state index in [0.29, 0.717) is 15.9 Å². The number of carbonyl (C=O) groups is 1. The number of H-pyrrole nitrogens is 1. The summed E-state index contributed by atoms with van der Waals surface area (Å²) in [5.41, 5.74) is 0.716. The van der Waals surface area contributed by atoms with E-state index in [1.165, 1.54) is 11.8 Å². The predicted octanol–water partition coefficient (Wildman–Crippen LogP) is 2.89. The third-order valence-corrected chi connectivity index (χ3v) is 3.55. The topological polar surface area (TPSA) is 70.7 Å². The summed E-state index contributed by atoms with van der Waals surface area (Å²) in [7, 11) is 0. The van der Waals surface area contributed by atoms with Crippen molar-refractivity contribution in [2.24, 2.45) is 0 Å². The lowest BCUT2D eigenvalue weighted by atomic mass is 10.3. The molecule has 7 heteroatoms. The molecule has 1 heterocycles. The molecular weight excluding hydrogens is 284 g/mol. The maximum Gasteiger partial charge on any atom is 0.237 e. The zero-order valence-corrected chi connectivity index (χ0v) is 12.0. The summed E-state index contributed by atoms with van der Waals surface area (Å²) in [6.45, 7) is 3.62. The minimum absolute atomic E-state index is 0.102. The van der Waals surface area contributed by atoms with Crippen LogP contribution in [0, 0.1) is 6.92 Å². The molecule has 5 nitrogen and oxygen atoms in total. The third-order valence-electron chi connectivity index (χ3n) is 2.34. The van der Waals surface area contributed by atoms with Gasteiger partial charge in [-0.2, -0.15) is 0 Å². The molecule has 0 aliphatic heterocycles. The van der Waals surface area contributed by atoms with Crippen LogP contribution in [0.1, 0.15) is 12.7 Å². The molecule has 0 saturated carbocycles. The van der Waals surface area contributed by atoms with Gasteiger partial charge < -0.3 is 5.32 Å². The Hall–Kier alpha value is -1.53. The lowest BCUT2D eigenvalue weighted by molar-refractivity contribution is -0.115. The van der Waals surface area contributed by atoms with Crippen molar-refractivity contribution in [3.05, 3.63) is 35.1 Å². The number of aromatic amines is 1. The number of carbonyl (C=O) groups excluding carboxylic acids is 1. The quantitative estimate of drug-likeness (QED) is 0.851. The summed E-state index contributed by atoms with van der Waals surface area (Å²) in [5.74, 6) is 0.627. The first-order valence-electron chi connectivity index (χ1n) is 5.66. The molecule has 100 valence electrons. The fourth-order valence-electron chi connectivity index (χ4n) is 1.36. The van der Waals surface area contributed by atoms with E-state index >= 15 is 0 Å². The smallest absolute Gasteiger partial charge is 0.237 e. The first-order valence-corrected chi connectivity index (χ1v) is 6.92. The number of nitrogens with one attached hydrogen (secondary N) is 2. The summed E-state index contributed by atoms with van der Waals surface area (Å²) in [5, 5.41) is 10.5. The van der Waals surface area contributed by atoms with Crippen LogP contribution in [0.25, 0.3) is 0 Å². The van der Waals surface area contributed by atoms with Crippen molar-refractivity contribution >= 4 is 35.0 Å². The lowest BCUT2D eigenvalue weighted by Crippen LogP contribution is -2.22. The summed E-state index contributed by atoms with van der Waals surface area (Å²) >= 11 is 7.09. The molecule has 2 rings (SSSR count). The Morgan fingerprint density at radius 1 is 1.42 bits per heavy atom. The van der Waals surface area contributed by atoms with E-state index in [-0.39, 0.29) is 11.2 Å². The molecule has 0 unspecified atom stereocenters. The van der Waals surface area contributed by atoms with Gasteiger partial charge in [0, 0.05) is 10.7 Å². The molecular formula is C12H13ClN4OS. The number of anilines is 1. The van der Waals surface area contributed by atoms with Crippen LogP contribution >= 0.6 is 23.4 Å². The molecule has 1 aromatic heterocycles. The number of thioether (sulfide) groups is 1. The minimum atomic E-state index is -0.286. The molecule has 0 saturated heterocycles. The molecule has 19 heavy (non-hydrogen) atoms. The van der Waals surface area contributed by atoms with Gasteiger partial charge in [0.25, 0.3) is 0 Å². The second-order valence-corrected chi connectivity index (χ2v) is 5.70. The number of hydrogen-bond acceptors (Lipinski definition) is 4. The Kier molecular flexibility index (Phi) is 4.44. The molecule has 0 aliphatic carbocycles. The Balaban J connectivity index is 1.94. The molecule has 0 fully saturated rings. The average Bonchev–Trinajstić information content (AvgIpc) is 2.77. The minimum Gasteiger partial charge on any atom is -0.325 e. The molecule has 2 N–H and O–H groups in total. The molecule has 1 amide bonds. The monoisotopic (exact) mass is 296 g/mol. The third kappa shape index (κ3) is 3.97. The van der Waals surface area contributed by atoms with Gasteiger partial charge in [-0.05, 0) is 38.1 Å². The van der Waals surface area contributed by atoms with Gasteiger partial charge >= 0.3 is 0 Å². The number of aromatic nitrogens is 3. The first-order chi connectivity index (χ1) is 9.04. The van der Waals surface area contributed by atoms with Gasteiger partial charge in [-0.3, -0.25) is 9.89 Å². The van der Waals surface area contributed by atoms with Crippen LogP contribution in [0.3, 0.4) is 0 Å². The first kappa shape index (κ1) is 13.9. The highest BCUT2D eigenvalue weighted by Gasteiger charge is 2.16. The molecule has 1 atom stereocenters. The van der Waals surface area contributed by atoms with Crippen molar-refractivity contribution in [3.63, 3.8) is 0 Å². The second-order valence-electron chi connectivity index (χ2n) is 3.96. The van der Waals surface area contributed by atoms with Crippen LogP contribution in [-0.2, 0) is 4.79 Å². The predicted molar refractivity (Wildman–Crippen MR) is 76.5 cm³/mol. The van der Waals surface area contributed by atoms with Crippen LogP contribution in [0.15, 0.2) is 29.4 Å². The highest BCUT2D eigenvalue weighted by Crippen LogP contribution is 2.21. The highest BCUT2D eigenvalue weighted by molar-refractivity contribution is 8.00. The zero-order chi connectivity index (χ0) is 13.8. The van der Waals surface area contributed by atoms with Gasteiger partial charge in [-0.15, -0.1) is 5.10 Å². The summed E-state index contributed by atoms with van der Waals surface area (Å²) in [4.78, 5) is 16.1. The zero-order valence-electron chi connectivity index (χ0n) is 10.5. The molecule has 0 bridgehead atoms. The van der Waals surface area contributed by atoms with Gasteiger partial charge in [-0.1, -0.05) is 23.4 Å².